The van der Waals surface area contributed by atoms with E-state index in [-0.39, 0.29) is 0 Å². The summed E-state index contributed by atoms with van der Waals surface area (Å²) in [6.45, 7) is 1.98. The second-order valence-corrected chi connectivity index (χ2v) is 2.26. The molecule has 0 bridgehead atoms. The van der Waals surface area contributed by atoms with E-state index in [1.54, 1.807) is 0 Å². The number of aliphatic hydroxyl groups is 1. The van der Waals surface area contributed by atoms with E-state index in [9.17, 15) is 9.90 Å². The maximum atomic E-state index is 10.1. The van der Waals surface area contributed by atoms with Crippen molar-refractivity contribution >= 4 is 5.97 Å². The van der Waals surface area contributed by atoms with Gasteiger partial charge in [0.2, 0.25) is 0 Å². The van der Waals surface area contributed by atoms with Crippen molar-refractivity contribution in [2.45, 2.75) is 6.23 Å². The van der Waals surface area contributed by atoms with Crippen molar-refractivity contribution in [3.05, 3.63) is 0 Å². The third-order valence-electron chi connectivity index (χ3n) is 1.54. The number of hydrogen-bond donors (Lipinski definition) is 2. The topological polar surface area (TPSA) is 80.2 Å². The van der Waals surface area contributed by atoms with E-state index < -0.39 is 12.2 Å². The first kappa shape index (κ1) is 7.46. The van der Waals surface area contributed by atoms with E-state index in [1.165, 1.54) is 4.90 Å². The zero-order valence-corrected chi connectivity index (χ0v) is 5.49. The van der Waals surface area contributed by atoms with Gasteiger partial charge in [0.15, 0.2) is 6.23 Å². The van der Waals surface area contributed by atoms with E-state index in [4.69, 9.17) is 5.11 Å². The number of rotatable bonds is 2. The highest BCUT2D eigenvalue weighted by Gasteiger charge is 2.22. The van der Waals surface area contributed by atoms with Crippen molar-refractivity contribution in [3.63, 3.8) is 0 Å². The van der Waals surface area contributed by atoms with Gasteiger partial charge in [-0.15, -0.1) is 0 Å². The van der Waals surface area contributed by atoms with Crippen molar-refractivity contribution in [2.75, 3.05) is 19.8 Å². The molecule has 1 aliphatic heterocycles. The Kier molecular flexibility index (Phi) is 2.21. The normalized spacial score (nSPS) is 22.9. The third-order valence-corrected chi connectivity index (χ3v) is 1.54. The highest BCUT2D eigenvalue weighted by Crippen LogP contribution is 1.92. The molecule has 10 heavy (non-hydrogen) atoms. The van der Waals surface area contributed by atoms with Gasteiger partial charge in [0.1, 0.15) is 6.67 Å². The minimum absolute atomic E-state index is 0.537. The lowest BCUT2D eigenvalue weighted by atomic mass is 10.5. The summed E-state index contributed by atoms with van der Waals surface area (Å²) in [5, 5.41) is 20.9. The molecule has 0 spiro atoms. The van der Waals surface area contributed by atoms with Crippen LogP contribution in [0.1, 0.15) is 0 Å². The number of carboxylic acids is 1. The number of carboxylic acid groups (broad SMARTS) is 1. The summed E-state index contributed by atoms with van der Waals surface area (Å²) in [5.41, 5.74) is 0. The molecule has 58 valence electrons. The number of aliphatic carboxylic acids is 1. The molecule has 0 aromatic rings. The molecule has 1 rings (SSSR count). The average molecular weight is 146 g/mol. The van der Waals surface area contributed by atoms with Crippen LogP contribution in [0.2, 0.25) is 0 Å². The Labute approximate surface area is 58.3 Å². The number of nitrogens with zero attached hydrogens (tertiary/aromatic N) is 1. The predicted octanol–water partition coefficient (Wildman–Crippen LogP) is -4.11. The smallest absolute Gasteiger partial charge is 0.152 e. The Morgan fingerprint density at radius 3 is 2.90 bits per heavy atom. The molecular weight excluding hydrogens is 136 g/mol. The van der Waals surface area contributed by atoms with E-state index in [1.807, 2.05) is 5.32 Å². The predicted molar refractivity (Wildman–Crippen MR) is 29.4 cm³/mol. The Morgan fingerprint density at radius 2 is 2.50 bits per heavy atom. The maximum Gasteiger partial charge on any atom is 0.152 e. The summed E-state index contributed by atoms with van der Waals surface area (Å²) < 4.78 is 0. The van der Waals surface area contributed by atoms with Crippen molar-refractivity contribution < 1.29 is 20.3 Å². The monoisotopic (exact) mass is 146 g/mol. The Bertz CT molecular complexity index is 133. The van der Waals surface area contributed by atoms with Crippen LogP contribution in [-0.2, 0) is 4.79 Å². The summed E-state index contributed by atoms with van der Waals surface area (Å²) in [5.74, 6) is -1.42. The van der Waals surface area contributed by atoms with Crippen LogP contribution in [-0.4, -0.2) is 42.0 Å². The lowest BCUT2D eigenvalue weighted by molar-refractivity contribution is -0.644. The molecule has 3 N–H and O–H groups in total. The van der Waals surface area contributed by atoms with Crippen LogP contribution in [0.4, 0.5) is 0 Å². The number of hydrogen-bond acceptors (Lipinski definition) is 4. The fourth-order valence-corrected chi connectivity index (χ4v) is 0.977. The molecule has 1 heterocycles. The van der Waals surface area contributed by atoms with Gasteiger partial charge in [-0.1, -0.05) is 0 Å². The maximum absolute atomic E-state index is 10.1. The number of carbonyl (C=O) groups is 1. The first-order valence-electron chi connectivity index (χ1n) is 3.16. The molecule has 0 radical (unpaired) electrons. The SMILES string of the molecule is O=C([O-])[C@@H](O)N1CC[NH2+]C1. The summed E-state index contributed by atoms with van der Waals surface area (Å²) >= 11 is 0. The fraction of sp³-hybridized carbons (Fsp3) is 0.800. The average Bonchev–Trinajstić information content (AvgIpc) is 2.36. The lowest BCUT2D eigenvalue weighted by Crippen LogP contribution is -2.82. The van der Waals surface area contributed by atoms with Crippen molar-refractivity contribution in [1.82, 2.24) is 4.90 Å². The van der Waals surface area contributed by atoms with Gasteiger partial charge in [-0.05, 0) is 0 Å². The van der Waals surface area contributed by atoms with Crippen LogP contribution in [0, 0.1) is 0 Å². The quantitative estimate of drug-likeness (QED) is 0.415. The van der Waals surface area contributed by atoms with Crippen molar-refractivity contribution in [1.29, 1.82) is 0 Å². The van der Waals surface area contributed by atoms with Gasteiger partial charge in [-0.25, -0.2) is 4.90 Å². The first-order valence-corrected chi connectivity index (χ1v) is 3.16. The molecule has 1 fully saturated rings. The molecule has 5 nitrogen and oxygen atoms in total. The van der Waals surface area contributed by atoms with E-state index in [0.29, 0.717) is 13.2 Å². The fourth-order valence-electron chi connectivity index (χ4n) is 0.977. The molecule has 1 atom stereocenters. The second-order valence-electron chi connectivity index (χ2n) is 2.26. The molecular formula is C5H10N2O3. The molecule has 0 amide bonds. The Hall–Kier alpha value is -0.650. The van der Waals surface area contributed by atoms with E-state index in [0.717, 1.165) is 6.54 Å². The van der Waals surface area contributed by atoms with E-state index >= 15 is 0 Å². The van der Waals surface area contributed by atoms with E-state index in [2.05, 4.69) is 0 Å². The van der Waals surface area contributed by atoms with Crippen molar-refractivity contribution in [3.8, 4) is 0 Å². The zero-order valence-electron chi connectivity index (χ0n) is 5.49. The second kappa shape index (κ2) is 2.96. The van der Waals surface area contributed by atoms with Gasteiger partial charge >= 0.3 is 0 Å². The molecule has 5 heteroatoms. The molecule has 0 unspecified atom stereocenters. The summed E-state index contributed by atoms with van der Waals surface area (Å²) in [4.78, 5) is 11.5. The highest BCUT2D eigenvalue weighted by atomic mass is 16.4. The molecule has 1 aliphatic rings. The zero-order chi connectivity index (χ0) is 7.56. The first-order chi connectivity index (χ1) is 4.72. The van der Waals surface area contributed by atoms with Crippen LogP contribution < -0.4 is 10.4 Å². The van der Waals surface area contributed by atoms with Gasteiger partial charge in [0.25, 0.3) is 0 Å². The standard InChI is InChI=1S/C5H10N2O3/c8-4(5(9)10)7-2-1-6-3-7/h4,6,8H,1-3H2,(H,9,10)/t4-/m1/s1. The van der Waals surface area contributed by atoms with Crippen LogP contribution in [0.5, 0.6) is 0 Å². The minimum Gasteiger partial charge on any atom is -0.546 e. The Balaban J connectivity index is 2.39. The van der Waals surface area contributed by atoms with Crippen molar-refractivity contribution in [2.24, 2.45) is 0 Å². The van der Waals surface area contributed by atoms with Crippen LogP contribution >= 0.6 is 0 Å². The van der Waals surface area contributed by atoms with Gasteiger partial charge < -0.3 is 20.3 Å². The Morgan fingerprint density at radius 1 is 1.80 bits per heavy atom. The summed E-state index contributed by atoms with van der Waals surface area (Å²) in [7, 11) is 0. The molecule has 0 aromatic carbocycles. The number of nitrogens with two attached hydrogens (primary N) is 1. The number of quaternary nitrogens is 1. The summed E-state index contributed by atoms with van der Waals surface area (Å²) in [6, 6.07) is 0. The molecule has 0 saturated carbocycles. The largest absolute Gasteiger partial charge is 0.546 e. The van der Waals surface area contributed by atoms with Gasteiger partial charge in [0, 0.05) is 0 Å². The lowest BCUT2D eigenvalue weighted by Gasteiger charge is -2.19. The summed E-state index contributed by atoms with van der Waals surface area (Å²) in [6.07, 6.45) is -1.43. The van der Waals surface area contributed by atoms with Gasteiger partial charge in [-0.3, -0.25) is 0 Å². The van der Waals surface area contributed by atoms with Crippen LogP contribution in [0.3, 0.4) is 0 Å². The number of aliphatic hydroxyl groups excluding tert-OH is 1. The number of carbonyl (C=O) groups excluding carboxylic acids is 1. The third kappa shape index (κ3) is 1.44. The van der Waals surface area contributed by atoms with Crippen LogP contribution in [0.25, 0.3) is 0 Å². The highest BCUT2D eigenvalue weighted by molar-refractivity contribution is 5.68. The molecule has 1 saturated heterocycles. The minimum atomic E-state index is -1.43. The van der Waals surface area contributed by atoms with Gasteiger partial charge in [0.05, 0.1) is 19.1 Å². The molecule has 0 aliphatic carbocycles. The van der Waals surface area contributed by atoms with Gasteiger partial charge in [-0.2, -0.15) is 0 Å². The molecule has 0 aromatic heterocycles. The van der Waals surface area contributed by atoms with Crippen LogP contribution in [0.15, 0.2) is 0 Å².